The molecular weight excluding hydrogens is 136 g/mol. The molecule has 0 fully saturated rings. The Bertz CT molecular complexity index is 119. The smallest absolute Gasteiger partial charge is 0.0653 e. The summed E-state index contributed by atoms with van der Waals surface area (Å²) in [5.41, 5.74) is 0.303. The van der Waals surface area contributed by atoms with Crippen LogP contribution in [0.25, 0.3) is 0 Å². The van der Waals surface area contributed by atoms with Crippen molar-refractivity contribution in [2.45, 2.75) is 47.1 Å². The lowest BCUT2D eigenvalue weighted by Crippen LogP contribution is -2.39. The van der Waals surface area contributed by atoms with Gasteiger partial charge in [0, 0.05) is 7.11 Å². The Hall–Kier alpha value is -0.0400. The minimum Gasteiger partial charge on any atom is -0.379 e. The van der Waals surface area contributed by atoms with Crippen LogP contribution in [0.4, 0.5) is 0 Å². The molecular formula is C10H22O. The van der Waals surface area contributed by atoms with Crippen LogP contribution >= 0.6 is 0 Å². The molecule has 1 atom stereocenters. The Kier molecular flexibility index (Phi) is 3.13. The van der Waals surface area contributed by atoms with E-state index in [1.807, 2.05) is 0 Å². The molecule has 68 valence electrons. The number of methoxy groups -OCH3 is 1. The van der Waals surface area contributed by atoms with Gasteiger partial charge >= 0.3 is 0 Å². The molecule has 0 saturated carbocycles. The molecule has 0 spiro atoms. The van der Waals surface area contributed by atoms with Gasteiger partial charge in [-0.25, -0.2) is 0 Å². The lowest BCUT2D eigenvalue weighted by Gasteiger charge is -2.39. The molecule has 0 bridgehead atoms. The topological polar surface area (TPSA) is 9.23 Å². The average molecular weight is 158 g/mol. The Morgan fingerprint density at radius 1 is 1.00 bits per heavy atom. The van der Waals surface area contributed by atoms with Crippen molar-refractivity contribution in [1.82, 2.24) is 0 Å². The van der Waals surface area contributed by atoms with Crippen LogP contribution in [0.2, 0.25) is 0 Å². The second-order valence-electron chi connectivity index (χ2n) is 4.90. The number of hydrogen-bond acceptors (Lipinski definition) is 1. The summed E-state index contributed by atoms with van der Waals surface area (Å²) in [6, 6.07) is 0. The van der Waals surface area contributed by atoms with Crippen LogP contribution in [0.5, 0.6) is 0 Å². The van der Waals surface area contributed by atoms with Crippen LogP contribution < -0.4 is 0 Å². The van der Waals surface area contributed by atoms with Gasteiger partial charge in [-0.3, -0.25) is 0 Å². The van der Waals surface area contributed by atoms with Gasteiger partial charge in [0.2, 0.25) is 0 Å². The van der Waals surface area contributed by atoms with Crippen molar-refractivity contribution in [1.29, 1.82) is 0 Å². The van der Waals surface area contributed by atoms with Gasteiger partial charge in [0.1, 0.15) is 0 Å². The Labute approximate surface area is 71.1 Å². The molecule has 1 heteroatoms. The lowest BCUT2D eigenvalue weighted by atomic mass is 9.73. The van der Waals surface area contributed by atoms with E-state index in [1.54, 1.807) is 7.11 Å². The summed E-state index contributed by atoms with van der Waals surface area (Å²) in [7, 11) is 1.78. The van der Waals surface area contributed by atoms with E-state index < -0.39 is 0 Å². The lowest BCUT2D eigenvalue weighted by molar-refractivity contribution is -0.0583. The molecule has 0 aliphatic rings. The molecule has 0 aliphatic carbocycles. The predicted molar refractivity (Wildman–Crippen MR) is 49.7 cm³/mol. The number of hydrogen-bond donors (Lipinski definition) is 0. The van der Waals surface area contributed by atoms with Crippen molar-refractivity contribution < 1.29 is 4.74 Å². The monoisotopic (exact) mass is 158 g/mol. The van der Waals surface area contributed by atoms with Crippen LogP contribution in [0, 0.1) is 11.3 Å². The second kappa shape index (κ2) is 3.14. The summed E-state index contributed by atoms with van der Waals surface area (Å²) in [6.45, 7) is 13.3. The molecule has 1 unspecified atom stereocenters. The number of ether oxygens (including phenoxy) is 1. The zero-order valence-corrected chi connectivity index (χ0v) is 8.99. The third kappa shape index (κ3) is 2.82. The molecule has 0 radical (unpaired) electrons. The SMILES string of the molecule is COC(C)(C)C(C)C(C)(C)C. The largest absolute Gasteiger partial charge is 0.379 e. The molecule has 1 nitrogen and oxygen atoms in total. The van der Waals surface area contributed by atoms with Gasteiger partial charge in [0.15, 0.2) is 0 Å². The standard InChI is InChI=1S/C10H22O/c1-8(9(2,3)4)10(5,6)11-7/h8H,1-7H3. The van der Waals surface area contributed by atoms with Gasteiger partial charge in [0.05, 0.1) is 5.60 Å². The van der Waals surface area contributed by atoms with Crippen LogP contribution in [-0.2, 0) is 4.74 Å². The van der Waals surface area contributed by atoms with E-state index in [4.69, 9.17) is 4.74 Å². The Balaban J connectivity index is 4.35. The highest BCUT2D eigenvalue weighted by molar-refractivity contribution is 4.84. The van der Waals surface area contributed by atoms with Crippen molar-refractivity contribution in [2.75, 3.05) is 7.11 Å². The quantitative estimate of drug-likeness (QED) is 0.600. The molecule has 0 aromatic carbocycles. The summed E-state index contributed by atoms with van der Waals surface area (Å²) >= 11 is 0. The first kappa shape index (κ1) is 11.0. The van der Waals surface area contributed by atoms with Crippen molar-refractivity contribution in [3.8, 4) is 0 Å². The first-order chi connectivity index (χ1) is 4.72. The molecule has 0 heterocycles. The second-order valence-corrected chi connectivity index (χ2v) is 4.90. The maximum Gasteiger partial charge on any atom is 0.0653 e. The van der Waals surface area contributed by atoms with Crippen LogP contribution in [0.1, 0.15) is 41.5 Å². The van der Waals surface area contributed by atoms with E-state index in [0.29, 0.717) is 11.3 Å². The van der Waals surface area contributed by atoms with Crippen molar-refractivity contribution >= 4 is 0 Å². The van der Waals surface area contributed by atoms with Gasteiger partial charge in [0.25, 0.3) is 0 Å². The van der Waals surface area contributed by atoms with Gasteiger partial charge in [-0.1, -0.05) is 27.7 Å². The maximum atomic E-state index is 5.43. The van der Waals surface area contributed by atoms with Crippen LogP contribution in [0.3, 0.4) is 0 Å². The molecule has 0 aliphatic heterocycles. The fourth-order valence-corrected chi connectivity index (χ4v) is 1.22. The average Bonchev–Trinajstić information content (AvgIpc) is 1.84. The molecule has 0 saturated heterocycles. The normalized spacial score (nSPS) is 16.6. The molecule has 0 aromatic heterocycles. The van der Waals surface area contributed by atoms with E-state index in [-0.39, 0.29) is 5.60 Å². The predicted octanol–water partition coefficient (Wildman–Crippen LogP) is 3.09. The van der Waals surface area contributed by atoms with E-state index in [2.05, 4.69) is 41.5 Å². The highest BCUT2D eigenvalue weighted by Crippen LogP contribution is 2.35. The maximum absolute atomic E-state index is 5.43. The van der Waals surface area contributed by atoms with Crippen LogP contribution in [-0.4, -0.2) is 12.7 Å². The summed E-state index contributed by atoms with van der Waals surface area (Å²) in [4.78, 5) is 0. The minimum absolute atomic E-state index is 0.0156. The summed E-state index contributed by atoms with van der Waals surface area (Å²) in [5, 5.41) is 0. The first-order valence-electron chi connectivity index (χ1n) is 4.27. The third-order valence-corrected chi connectivity index (χ3v) is 2.87. The third-order valence-electron chi connectivity index (χ3n) is 2.87. The van der Waals surface area contributed by atoms with Gasteiger partial charge in [-0.2, -0.15) is 0 Å². The van der Waals surface area contributed by atoms with E-state index in [1.165, 1.54) is 0 Å². The fourth-order valence-electron chi connectivity index (χ4n) is 1.22. The zero-order valence-electron chi connectivity index (χ0n) is 8.99. The molecule has 0 amide bonds. The molecule has 0 rings (SSSR count). The first-order valence-corrected chi connectivity index (χ1v) is 4.27. The zero-order chi connectivity index (χ0) is 9.28. The Morgan fingerprint density at radius 2 is 1.36 bits per heavy atom. The number of rotatable bonds is 2. The summed E-state index contributed by atoms with van der Waals surface area (Å²) in [5.74, 6) is 0.556. The molecule has 0 N–H and O–H groups in total. The molecule has 0 aromatic rings. The van der Waals surface area contributed by atoms with Crippen molar-refractivity contribution in [3.05, 3.63) is 0 Å². The van der Waals surface area contributed by atoms with E-state index >= 15 is 0 Å². The fraction of sp³-hybridized carbons (Fsp3) is 1.00. The summed E-state index contributed by atoms with van der Waals surface area (Å²) in [6.07, 6.45) is 0. The van der Waals surface area contributed by atoms with Crippen LogP contribution in [0.15, 0.2) is 0 Å². The van der Waals surface area contributed by atoms with Crippen molar-refractivity contribution in [2.24, 2.45) is 11.3 Å². The molecule has 11 heavy (non-hydrogen) atoms. The van der Waals surface area contributed by atoms with E-state index in [9.17, 15) is 0 Å². The van der Waals surface area contributed by atoms with Crippen molar-refractivity contribution in [3.63, 3.8) is 0 Å². The van der Waals surface area contributed by atoms with E-state index in [0.717, 1.165) is 0 Å². The highest BCUT2D eigenvalue weighted by Gasteiger charge is 2.34. The highest BCUT2D eigenvalue weighted by atomic mass is 16.5. The van der Waals surface area contributed by atoms with Gasteiger partial charge in [-0.15, -0.1) is 0 Å². The summed E-state index contributed by atoms with van der Waals surface area (Å²) < 4.78 is 5.43. The Morgan fingerprint density at radius 3 is 1.45 bits per heavy atom. The minimum atomic E-state index is -0.0156. The van der Waals surface area contributed by atoms with Gasteiger partial charge < -0.3 is 4.74 Å². The van der Waals surface area contributed by atoms with Gasteiger partial charge in [-0.05, 0) is 25.2 Å².